The predicted octanol–water partition coefficient (Wildman–Crippen LogP) is -2.65. The average Bonchev–Trinajstić information content (AvgIpc) is 1.80. The first-order valence-electron chi connectivity index (χ1n) is 3.09. The Labute approximate surface area is 78.6 Å². The van der Waals surface area contributed by atoms with E-state index in [0.717, 1.165) is 0 Å². The zero-order chi connectivity index (χ0) is 11.9. The van der Waals surface area contributed by atoms with Crippen molar-refractivity contribution in [3.63, 3.8) is 0 Å². The fourth-order valence-corrected chi connectivity index (χ4v) is 0.304. The lowest BCUT2D eigenvalue weighted by Gasteiger charge is -1.99. The third-order valence-corrected chi connectivity index (χ3v) is 0.738. The van der Waals surface area contributed by atoms with Gasteiger partial charge in [-0.3, -0.25) is 9.59 Å². The fraction of sp³-hybridized carbons (Fsp3) is 0.500. The topological polar surface area (TPSA) is 184 Å². The monoisotopic (exact) mass is 230 g/mol. The Morgan fingerprint density at radius 1 is 1.29 bits per heavy atom. The smallest absolute Gasteiger partial charge is 0.466 e. The van der Waals surface area contributed by atoms with Crippen molar-refractivity contribution in [3.05, 3.63) is 0 Å². The van der Waals surface area contributed by atoms with E-state index in [1.165, 1.54) is 0 Å². The number of hydrogen-bond acceptors (Lipinski definition) is 4. The van der Waals surface area contributed by atoms with Gasteiger partial charge in [-0.1, -0.05) is 0 Å². The Morgan fingerprint density at radius 2 is 1.57 bits per heavy atom. The summed E-state index contributed by atoms with van der Waals surface area (Å²) in [6, 6.07) is -1.16. The zero-order valence-electron chi connectivity index (χ0n) is 6.90. The Kier molecular flexibility index (Phi) is 7.15. The quantitative estimate of drug-likeness (QED) is 0.283. The first-order valence-corrected chi connectivity index (χ1v) is 4.65. The zero-order valence-corrected chi connectivity index (χ0v) is 7.79. The first-order chi connectivity index (χ1) is 6.04. The molecule has 0 saturated heterocycles. The summed E-state index contributed by atoms with van der Waals surface area (Å²) in [6.45, 7) is 0. The van der Waals surface area contributed by atoms with E-state index in [4.69, 9.17) is 30.1 Å². The molecule has 9 nitrogen and oxygen atoms in total. The average molecular weight is 230 g/mol. The summed E-state index contributed by atoms with van der Waals surface area (Å²) >= 11 is 0. The van der Waals surface area contributed by atoms with Gasteiger partial charge in [0, 0.05) is 0 Å². The third-order valence-electron chi connectivity index (χ3n) is 0.738. The number of rotatable bonds is 3. The molecule has 0 aromatic carbocycles. The van der Waals surface area contributed by atoms with Crippen LogP contribution in [-0.4, -0.2) is 37.7 Å². The van der Waals surface area contributed by atoms with Crippen molar-refractivity contribution >= 4 is 19.7 Å². The molecule has 14 heavy (non-hydrogen) atoms. The number of carboxylic acid groups (broad SMARTS) is 1. The molecule has 0 aromatic heterocycles. The fourth-order valence-electron chi connectivity index (χ4n) is 0.304. The van der Waals surface area contributed by atoms with Crippen LogP contribution in [0.25, 0.3) is 0 Å². The van der Waals surface area contributed by atoms with Gasteiger partial charge in [0.1, 0.15) is 6.04 Å². The third kappa shape index (κ3) is 22.5. The maximum absolute atomic E-state index is 9.99. The summed E-state index contributed by atoms with van der Waals surface area (Å²) < 4.78 is 8.88. The maximum Gasteiger partial charge on any atom is 0.466 e. The van der Waals surface area contributed by atoms with E-state index in [2.05, 4.69) is 5.73 Å². The van der Waals surface area contributed by atoms with Crippen molar-refractivity contribution in [2.75, 3.05) is 0 Å². The highest BCUT2D eigenvalue weighted by Crippen LogP contribution is 2.25. The van der Waals surface area contributed by atoms with Crippen LogP contribution in [0.15, 0.2) is 0 Å². The second kappa shape index (κ2) is 6.46. The van der Waals surface area contributed by atoms with Gasteiger partial charge < -0.3 is 31.3 Å². The van der Waals surface area contributed by atoms with Gasteiger partial charge in [-0.15, -0.1) is 0 Å². The van der Waals surface area contributed by atoms with Crippen LogP contribution in [0, 0.1) is 0 Å². The normalized spacial score (nSPS) is 12.3. The molecule has 0 spiro atoms. The molecule has 84 valence electrons. The summed E-state index contributed by atoms with van der Waals surface area (Å²) in [5.41, 5.74) is 9.57. The molecule has 1 unspecified atom stereocenters. The van der Waals surface area contributed by atoms with Gasteiger partial charge >= 0.3 is 13.8 Å². The van der Waals surface area contributed by atoms with E-state index >= 15 is 0 Å². The summed E-state index contributed by atoms with van der Waals surface area (Å²) in [6.07, 6.45) is -0.310. The van der Waals surface area contributed by atoms with Crippen LogP contribution >= 0.6 is 7.82 Å². The van der Waals surface area contributed by atoms with Crippen LogP contribution < -0.4 is 11.5 Å². The van der Waals surface area contributed by atoms with E-state index in [-0.39, 0.29) is 6.42 Å². The molecule has 0 radical (unpaired) electrons. The van der Waals surface area contributed by atoms with Crippen LogP contribution in [0.4, 0.5) is 0 Å². The first kappa shape index (κ1) is 15.5. The minimum absolute atomic E-state index is 0.310. The molecule has 1 atom stereocenters. The summed E-state index contributed by atoms with van der Waals surface area (Å²) in [7, 11) is -4.64. The van der Waals surface area contributed by atoms with Crippen molar-refractivity contribution in [3.8, 4) is 0 Å². The van der Waals surface area contributed by atoms with E-state index in [9.17, 15) is 9.59 Å². The summed E-state index contributed by atoms with van der Waals surface area (Å²) in [5.74, 6) is -1.92. The SMILES string of the molecule is NC(=O)CC(N)C(=O)O.O=P(O)(O)O. The van der Waals surface area contributed by atoms with E-state index in [1.54, 1.807) is 0 Å². The number of hydrogen-bond donors (Lipinski definition) is 6. The molecule has 10 heteroatoms. The lowest BCUT2D eigenvalue weighted by Crippen LogP contribution is -2.34. The number of nitrogens with two attached hydrogens (primary N) is 2. The number of aliphatic carboxylic acids is 1. The highest BCUT2D eigenvalue weighted by Gasteiger charge is 2.13. The van der Waals surface area contributed by atoms with Crippen molar-refractivity contribution in [2.45, 2.75) is 12.5 Å². The molecule has 0 saturated carbocycles. The molecular formula is C4H11N2O7P. The second-order valence-electron chi connectivity index (χ2n) is 2.13. The number of carbonyl (C=O) groups is 2. The van der Waals surface area contributed by atoms with Gasteiger partial charge in [0.25, 0.3) is 0 Å². The largest absolute Gasteiger partial charge is 0.480 e. The highest BCUT2D eigenvalue weighted by molar-refractivity contribution is 7.45. The van der Waals surface area contributed by atoms with Crippen molar-refractivity contribution < 1.29 is 33.9 Å². The van der Waals surface area contributed by atoms with Crippen LogP contribution in [0.1, 0.15) is 6.42 Å². The number of phosphoric acid groups is 1. The standard InChI is InChI=1S/C4H8N2O3.H3O4P/c5-2(4(8)9)1-3(6)7;1-5(2,3)4/h2H,1,5H2,(H2,6,7)(H,8,9);(H3,1,2,3,4). The lowest BCUT2D eigenvalue weighted by atomic mass is 10.2. The molecule has 0 aliphatic heterocycles. The lowest BCUT2D eigenvalue weighted by molar-refractivity contribution is -0.140. The van der Waals surface area contributed by atoms with Gasteiger partial charge in [-0.05, 0) is 0 Å². The molecule has 0 rings (SSSR count). The van der Waals surface area contributed by atoms with Crippen LogP contribution in [-0.2, 0) is 14.2 Å². The molecule has 0 heterocycles. The minimum atomic E-state index is -4.64. The number of primary amides is 1. The molecule has 0 aliphatic rings. The molecule has 0 aromatic rings. The van der Waals surface area contributed by atoms with Crippen LogP contribution in [0.5, 0.6) is 0 Å². The van der Waals surface area contributed by atoms with Crippen molar-refractivity contribution in [1.82, 2.24) is 0 Å². The van der Waals surface area contributed by atoms with Gasteiger partial charge in [0.2, 0.25) is 5.91 Å². The number of carboxylic acids is 1. The Balaban J connectivity index is 0. The molecule has 0 fully saturated rings. The Morgan fingerprint density at radius 3 is 1.64 bits per heavy atom. The maximum atomic E-state index is 9.99. The Bertz CT molecular complexity index is 240. The number of carbonyl (C=O) groups excluding carboxylic acids is 1. The van der Waals surface area contributed by atoms with Gasteiger partial charge in [0.15, 0.2) is 0 Å². The molecule has 8 N–H and O–H groups in total. The van der Waals surface area contributed by atoms with Gasteiger partial charge in [-0.2, -0.15) is 0 Å². The Hall–Kier alpha value is -0.990. The minimum Gasteiger partial charge on any atom is -0.480 e. The molecule has 0 aliphatic carbocycles. The summed E-state index contributed by atoms with van der Waals surface area (Å²) in [5, 5.41) is 8.10. The van der Waals surface area contributed by atoms with E-state index in [0.29, 0.717) is 0 Å². The van der Waals surface area contributed by atoms with E-state index in [1.807, 2.05) is 0 Å². The molecule has 0 bridgehead atoms. The summed E-state index contributed by atoms with van der Waals surface area (Å²) in [4.78, 5) is 41.5. The van der Waals surface area contributed by atoms with Gasteiger partial charge in [0.05, 0.1) is 6.42 Å². The van der Waals surface area contributed by atoms with Crippen molar-refractivity contribution in [1.29, 1.82) is 0 Å². The van der Waals surface area contributed by atoms with Crippen LogP contribution in [0.2, 0.25) is 0 Å². The van der Waals surface area contributed by atoms with Crippen molar-refractivity contribution in [2.24, 2.45) is 11.5 Å². The predicted molar refractivity (Wildman–Crippen MR) is 43.7 cm³/mol. The van der Waals surface area contributed by atoms with E-state index < -0.39 is 25.7 Å². The molecular weight excluding hydrogens is 219 g/mol. The van der Waals surface area contributed by atoms with Crippen LogP contribution in [0.3, 0.4) is 0 Å². The highest BCUT2D eigenvalue weighted by atomic mass is 31.2. The second-order valence-corrected chi connectivity index (χ2v) is 3.15. The molecule has 1 amide bonds. The van der Waals surface area contributed by atoms with Gasteiger partial charge in [-0.25, -0.2) is 4.57 Å². The number of amides is 1.